The number of nitrogens with one attached hydrogen (secondary N) is 1. The Morgan fingerprint density at radius 1 is 1.14 bits per heavy atom. The summed E-state index contributed by atoms with van der Waals surface area (Å²) in [5.41, 5.74) is 2.26. The molecule has 0 amide bonds. The molecule has 3 nitrogen and oxygen atoms in total. The van der Waals surface area contributed by atoms with Crippen LogP contribution in [0.4, 0.5) is 0 Å². The monoisotopic (exact) mass is 433 g/mol. The highest BCUT2D eigenvalue weighted by Gasteiger charge is 2.21. The van der Waals surface area contributed by atoms with Gasteiger partial charge in [-0.05, 0) is 67.5 Å². The van der Waals surface area contributed by atoms with Gasteiger partial charge in [0.25, 0.3) is 0 Å². The first kappa shape index (κ1) is 16.8. The van der Waals surface area contributed by atoms with Gasteiger partial charge < -0.3 is 14.8 Å². The average Bonchev–Trinajstić information content (AvgIpc) is 2.91. The minimum atomic E-state index is 0.0644. The van der Waals surface area contributed by atoms with Crippen LogP contribution in [0, 0.1) is 0 Å². The molecule has 2 aromatic rings. The minimum absolute atomic E-state index is 0.0644. The van der Waals surface area contributed by atoms with Gasteiger partial charge in [0.1, 0.15) is 11.5 Å². The van der Waals surface area contributed by atoms with Gasteiger partial charge in [-0.3, -0.25) is 0 Å². The summed E-state index contributed by atoms with van der Waals surface area (Å²) in [7, 11) is 3.35. The standard InChI is InChI=1S/C15H17Br2NO2S/c1-4-18-15(9-5-14(17)21-8-9)10-6-13(20-3)11(16)7-12(10)19-2/h5-8,15,18H,4H2,1-3H3. The number of methoxy groups -OCH3 is 2. The highest BCUT2D eigenvalue weighted by atomic mass is 79.9. The van der Waals surface area contributed by atoms with E-state index in [2.05, 4.69) is 55.5 Å². The van der Waals surface area contributed by atoms with Crippen molar-refractivity contribution in [3.8, 4) is 11.5 Å². The van der Waals surface area contributed by atoms with Crippen LogP contribution in [0.25, 0.3) is 0 Å². The zero-order valence-corrected chi connectivity index (χ0v) is 16.1. The molecule has 0 fully saturated rings. The second-order valence-corrected chi connectivity index (χ2v) is 7.55. The first-order valence-electron chi connectivity index (χ1n) is 6.49. The van der Waals surface area contributed by atoms with Crippen molar-refractivity contribution in [2.45, 2.75) is 13.0 Å². The number of thiophene rings is 1. The maximum atomic E-state index is 5.55. The third-order valence-corrected chi connectivity index (χ3v) is 5.29. The summed E-state index contributed by atoms with van der Waals surface area (Å²) in [5, 5.41) is 5.65. The number of hydrogen-bond donors (Lipinski definition) is 1. The van der Waals surface area contributed by atoms with E-state index >= 15 is 0 Å². The number of halogens is 2. The zero-order valence-electron chi connectivity index (χ0n) is 12.1. The lowest BCUT2D eigenvalue weighted by Crippen LogP contribution is -2.22. The van der Waals surface area contributed by atoms with E-state index < -0.39 is 0 Å². The van der Waals surface area contributed by atoms with Crippen molar-refractivity contribution in [2.75, 3.05) is 20.8 Å². The minimum Gasteiger partial charge on any atom is -0.496 e. The van der Waals surface area contributed by atoms with Crippen LogP contribution in [0.15, 0.2) is 31.8 Å². The Labute approximate surface area is 145 Å². The Hall–Kier alpha value is -0.560. The molecule has 6 heteroatoms. The van der Waals surface area contributed by atoms with Crippen LogP contribution < -0.4 is 14.8 Å². The fraction of sp³-hybridized carbons (Fsp3) is 0.333. The fourth-order valence-electron chi connectivity index (χ4n) is 2.20. The highest BCUT2D eigenvalue weighted by molar-refractivity contribution is 9.11. The predicted octanol–water partition coefficient (Wildman–Crippen LogP) is 4.99. The van der Waals surface area contributed by atoms with Crippen molar-refractivity contribution in [2.24, 2.45) is 0 Å². The molecule has 0 bridgehead atoms. The summed E-state index contributed by atoms with van der Waals surface area (Å²) in [4.78, 5) is 0. The summed E-state index contributed by atoms with van der Waals surface area (Å²) >= 11 is 8.70. The van der Waals surface area contributed by atoms with Crippen LogP contribution in [-0.4, -0.2) is 20.8 Å². The molecule has 2 rings (SSSR count). The molecule has 0 spiro atoms. The molecule has 0 aliphatic heterocycles. The van der Waals surface area contributed by atoms with Gasteiger partial charge in [0.05, 0.1) is 28.5 Å². The molecule has 21 heavy (non-hydrogen) atoms. The van der Waals surface area contributed by atoms with E-state index in [-0.39, 0.29) is 6.04 Å². The van der Waals surface area contributed by atoms with Crippen LogP contribution in [0.1, 0.15) is 24.1 Å². The van der Waals surface area contributed by atoms with Crippen LogP contribution in [0.5, 0.6) is 11.5 Å². The van der Waals surface area contributed by atoms with Crippen LogP contribution in [0.3, 0.4) is 0 Å². The van der Waals surface area contributed by atoms with Crippen molar-refractivity contribution >= 4 is 43.2 Å². The molecule has 0 saturated carbocycles. The Morgan fingerprint density at radius 2 is 1.86 bits per heavy atom. The Bertz CT molecular complexity index is 616. The van der Waals surface area contributed by atoms with Crippen molar-refractivity contribution < 1.29 is 9.47 Å². The smallest absolute Gasteiger partial charge is 0.133 e. The maximum Gasteiger partial charge on any atom is 0.133 e. The number of ether oxygens (including phenoxy) is 2. The maximum absolute atomic E-state index is 5.55. The summed E-state index contributed by atoms with van der Waals surface area (Å²) in [6.07, 6.45) is 0. The average molecular weight is 435 g/mol. The number of hydrogen-bond acceptors (Lipinski definition) is 4. The molecule has 1 aromatic heterocycles. The van der Waals surface area contributed by atoms with Gasteiger partial charge in [-0.15, -0.1) is 11.3 Å². The van der Waals surface area contributed by atoms with Gasteiger partial charge in [-0.1, -0.05) is 6.92 Å². The molecule has 0 aliphatic rings. The van der Waals surface area contributed by atoms with Crippen LogP contribution >= 0.6 is 43.2 Å². The Kier molecular flexibility index (Phi) is 6.10. The molecule has 1 unspecified atom stereocenters. The molecule has 1 N–H and O–H groups in total. The van der Waals surface area contributed by atoms with E-state index in [0.717, 1.165) is 31.9 Å². The molecule has 0 radical (unpaired) electrons. The highest BCUT2D eigenvalue weighted by Crippen LogP contribution is 2.39. The van der Waals surface area contributed by atoms with E-state index in [1.54, 1.807) is 25.6 Å². The van der Waals surface area contributed by atoms with E-state index in [0.29, 0.717) is 0 Å². The summed E-state index contributed by atoms with van der Waals surface area (Å²) < 4.78 is 13.0. The first-order chi connectivity index (χ1) is 10.1. The Morgan fingerprint density at radius 3 is 2.38 bits per heavy atom. The molecule has 1 aromatic carbocycles. The first-order valence-corrected chi connectivity index (χ1v) is 8.96. The molecule has 1 atom stereocenters. The van der Waals surface area contributed by atoms with Crippen molar-refractivity contribution in [3.63, 3.8) is 0 Å². The van der Waals surface area contributed by atoms with E-state index in [4.69, 9.17) is 9.47 Å². The summed E-state index contributed by atoms with van der Waals surface area (Å²) in [6, 6.07) is 6.16. The molecule has 114 valence electrons. The lowest BCUT2D eigenvalue weighted by Gasteiger charge is -2.21. The third-order valence-electron chi connectivity index (χ3n) is 3.14. The number of rotatable bonds is 6. The van der Waals surface area contributed by atoms with E-state index in [1.165, 1.54) is 5.56 Å². The van der Waals surface area contributed by atoms with Crippen LogP contribution in [-0.2, 0) is 0 Å². The molecule has 0 saturated heterocycles. The third kappa shape index (κ3) is 3.80. The molecular formula is C15H17Br2NO2S. The second-order valence-electron chi connectivity index (χ2n) is 4.40. The van der Waals surface area contributed by atoms with E-state index in [1.807, 2.05) is 12.1 Å². The van der Waals surface area contributed by atoms with Crippen LogP contribution in [0.2, 0.25) is 0 Å². The van der Waals surface area contributed by atoms with Gasteiger partial charge >= 0.3 is 0 Å². The molecule has 0 aliphatic carbocycles. The van der Waals surface area contributed by atoms with Crippen molar-refractivity contribution in [1.29, 1.82) is 0 Å². The van der Waals surface area contributed by atoms with Gasteiger partial charge in [-0.25, -0.2) is 0 Å². The summed E-state index contributed by atoms with van der Waals surface area (Å²) in [5.74, 6) is 1.62. The van der Waals surface area contributed by atoms with Gasteiger partial charge in [0.15, 0.2) is 0 Å². The van der Waals surface area contributed by atoms with Gasteiger partial charge in [0.2, 0.25) is 0 Å². The lowest BCUT2D eigenvalue weighted by atomic mass is 10.00. The quantitative estimate of drug-likeness (QED) is 0.694. The predicted molar refractivity (Wildman–Crippen MR) is 94.8 cm³/mol. The van der Waals surface area contributed by atoms with Gasteiger partial charge in [-0.2, -0.15) is 0 Å². The largest absolute Gasteiger partial charge is 0.496 e. The Balaban J connectivity index is 2.53. The second kappa shape index (κ2) is 7.63. The molecule has 1 heterocycles. The number of benzene rings is 1. The topological polar surface area (TPSA) is 30.5 Å². The van der Waals surface area contributed by atoms with Gasteiger partial charge in [0, 0.05) is 5.56 Å². The lowest BCUT2D eigenvalue weighted by molar-refractivity contribution is 0.392. The zero-order chi connectivity index (χ0) is 15.4. The normalized spacial score (nSPS) is 12.2. The fourth-order valence-corrected chi connectivity index (χ4v) is 3.88. The van der Waals surface area contributed by atoms with E-state index in [9.17, 15) is 0 Å². The summed E-state index contributed by atoms with van der Waals surface area (Å²) in [6.45, 7) is 2.96. The van der Waals surface area contributed by atoms with Crippen molar-refractivity contribution in [1.82, 2.24) is 5.32 Å². The molecular weight excluding hydrogens is 418 g/mol. The SMILES string of the molecule is CCNC(c1csc(Br)c1)c1cc(OC)c(Br)cc1OC. The van der Waals surface area contributed by atoms with Crippen molar-refractivity contribution in [3.05, 3.63) is 43.0 Å².